The van der Waals surface area contributed by atoms with E-state index in [4.69, 9.17) is 0 Å². The number of aromatic nitrogens is 2. The van der Waals surface area contributed by atoms with Gasteiger partial charge in [-0.25, -0.2) is 9.97 Å². The maximum Gasteiger partial charge on any atom is 0.158 e. The Morgan fingerprint density at radius 3 is 3.05 bits per heavy atom. The molecule has 1 aliphatic carbocycles. The standard InChI is InChI=1S/C15H14N4S2/c1-9-5-6-10(20-9)7-18-19-14-13-11-3-2-4-12(11)21-15(13)17-8-16-14/h5-8H,2-4H2,1H3,(H,16,17,19)/b18-7-. The third kappa shape index (κ3) is 2.34. The Morgan fingerprint density at radius 1 is 1.24 bits per heavy atom. The molecule has 6 heteroatoms. The van der Waals surface area contributed by atoms with E-state index in [9.17, 15) is 0 Å². The first kappa shape index (κ1) is 12.9. The van der Waals surface area contributed by atoms with Crippen molar-refractivity contribution in [1.29, 1.82) is 0 Å². The lowest BCUT2D eigenvalue weighted by atomic mass is 10.2. The van der Waals surface area contributed by atoms with Crippen LogP contribution >= 0.6 is 22.7 Å². The van der Waals surface area contributed by atoms with Gasteiger partial charge in [0.1, 0.15) is 11.2 Å². The molecule has 0 saturated carbocycles. The molecule has 4 rings (SSSR count). The van der Waals surface area contributed by atoms with Crippen molar-refractivity contribution >= 4 is 44.9 Å². The summed E-state index contributed by atoms with van der Waals surface area (Å²) in [5.41, 5.74) is 4.51. The van der Waals surface area contributed by atoms with E-state index in [1.807, 2.05) is 6.21 Å². The van der Waals surface area contributed by atoms with Gasteiger partial charge in [0.2, 0.25) is 0 Å². The molecule has 3 aromatic rings. The van der Waals surface area contributed by atoms with E-state index in [-0.39, 0.29) is 0 Å². The van der Waals surface area contributed by atoms with Crippen molar-refractivity contribution in [2.24, 2.45) is 5.10 Å². The van der Waals surface area contributed by atoms with Crippen LogP contribution in [0.5, 0.6) is 0 Å². The van der Waals surface area contributed by atoms with Crippen molar-refractivity contribution in [3.8, 4) is 0 Å². The summed E-state index contributed by atoms with van der Waals surface area (Å²) in [7, 11) is 0. The summed E-state index contributed by atoms with van der Waals surface area (Å²) >= 11 is 3.52. The highest BCUT2D eigenvalue weighted by atomic mass is 32.1. The summed E-state index contributed by atoms with van der Waals surface area (Å²) in [5.74, 6) is 0.823. The molecule has 0 aliphatic heterocycles. The molecule has 0 unspecified atom stereocenters. The van der Waals surface area contributed by atoms with E-state index in [0.29, 0.717) is 0 Å². The smallest absolute Gasteiger partial charge is 0.158 e. The molecule has 106 valence electrons. The zero-order valence-corrected chi connectivity index (χ0v) is 13.2. The molecule has 0 atom stereocenters. The largest absolute Gasteiger partial charge is 0.261 e. The van der Waals surface area contributed by atoms with Gasteiger partial charge in [0, 0.05) is 14.6 Å². The van der Waals surface area contributed by atoms with E-state index in [1.165, 1.54) is 28.2 Å². The highest BCUT2D eigenvalue weighted by Gasteiger charge is 2.20. The Bertz CT molecular complexity index is 831. The molecule has 0 saturated heterocycles. The van der Waals surface area contributed by atoms with Crippen molar-refractivity contribution in [1.82, 2.24) is 9.97 Å². The number of nitrogens with one attached hydrogen (secondary N) is 1. The zero-order chi connectivity index (χ0) is 14.2. The lowest BCUT2D eigenvalue weighted by molar-refractivity contribution is 0.917. The number of hydrogen-bond donors (Lipinski definition) is 1. The third-order valence-corrected chi connectivity index (χ3v) is 5.76. The lowest BCUT2D eigenvalue weighted by Gasteiger charge is -2.02. The second-order valence-electron chi connectivity index (χ2n) is 5.08. The zero-order valence-electron chi connectivity index (χ0n) is 11.6. The monoisotopic (exact) mass is 314 g/mol. The highest BCUT2D eigenvalue weighted by Crippen LogP contribution is 2.38. The fourth-order valence-electron chi connectivity index (χ4n) is 2.69. The van der Waals surface area contributed by atoms with Crippen LogP contribution in [0, 0.1) is 6.92 Å². The predicted molar refractivity (Wildman–Crippen MR) is 89.7 cm³/mol. The molecular formula is C15H14N4S2. The predicted octanol–water partition coefficient (Wildman–Crippen LogP) is 4.00. The number of rotatable bonds is 3. The number of thiophene rings is 2. The van der Waals surface area contributed by atoms with Crippen LogP contribution in [-0.4, -0.2) is 16.2 Å². The maximum atomic E-state index is 4.39. The molecule has 0 bridgehead atoms. The number of aryl methyl sites for hydroxylation is 3. The summed E-state index contributed by atoms with van der Waals surface area (Å²) in [6.45, 7) is 2.10. The van der Waals surface area contributed by atoms with E-state index in [1.54, 1.807) is 29.0 Å². The molecule has 1 N–H and O–H groups in total. The molecule has 3 heterocycles. The summed E-state index contributed by atoms with van der Waals surface area (Å²) in [5, 5.41) is 5.49. The average molecular weight is 314 g/mol. The molecule has 0 amide bonds. The first-order valence-electron chi connectivity index (χ1n) is 6.92. The second-order valence-corrected chi connectivity index (χ2v) is 7.48. The van der Waals surface area contributed by atoms with Gasteiger partial charge in [0.15, 0.2) is 5.82 Å². The maximum absolute atomic E-state index is 4.39. The average Bonchev–Trinajstić information content (AvgIpc) is 3.14. The van der Waals surface area contributed by atoms with Gasteiger partial charge >= 0.3 is 0 Å². The van der Waals surface area contributed by atoms with Gasteiger partial charge in [-0.2, -0.15) is 5.10 Å². The summed E-state index contributed by atoms with van der Waals surface area (Å²) in [6.07, 6.45) is 7.00. The van der Waals surface area contributed by atoms with Gasteiger partial charge in [0.05, 0.1) is 11.6 Å². The SMILES string of the molecule is Cc1ccc(/C=N\Nc2ncnc3sc4c(c23)CCC4)s1. The molecule has 3 aromatic heterocycles. The quantitative estimate of drug-likeness (QED) is 0.587. The van der Waals surface area contributed by atoms with Crippen LogP contribution in [0.25, 0.3) is 10.2 Å². The number of anilines is 1. The molecule has 4 nitrogen and oxygen atoms in total. The van der Waals surface area contributed by atoms with Gasteiger partial charge in [-0.05, 0) is 43.9 Å². The minimum absolute atomic E-state index is 0.823. The first-order chi connectivity index (χ1) is 10.3. The van der Waals surface area contributed by atoms with Gasteiger partial charge in [-0.15, -0.1) is 22.7 Å². The van der Waals surface area contributed by atoms with Crippen LogP contribution in [0.15, 0.2) is 23.6 Å². The number of nitrogens with zero attached hydrogens (tertiary/aromatic N) is 3. The Hall–Kier alpha value is -1.79. The van der Waals surface area contributed by atoms with Crippen molar-refractivity contribution < 1.29 is 0 Å². The molecule has 21 heavy (non-hydrogen) atoms. The van der Waals surface area contributed by atoms with E-state index < -0.39 is 0 Å². The number of hydrazone groups is 1. The van der Waals surface area contributed by atoms with Crippen molar-refractivity contribution in [3.63, 3.8) is 0 Å². The Morgan fingerprint density at radius 2 is 2.19 bits per heavy atom. The number of hydrogen-bond acceptors (Lipinski definition) is 6. The Kier molecular flexibility index (Phi) is 3.20. The topological polar surface area (TPSA) is 50.2 Å². The third-order valence-electron chi connectivity index (χ3n) is 3.62. The Balaban J connectivity index is 1.66. The summed E-state index contributed by atoms with van der Waals surface area (Å²) in [6, 6.07) is 4.17. The van der Waals surface area contributed by atoms with Crippen LogP contribution in [-0.2, 0) is 12.8 Å². The van der Waals surface area contributed by atoms with Crippen molar-refractivity contribution in [2.45, 2.75) is 26.2 Å². The molecule has 0 radical (unpaired) electrons. The molecule has 0 spiro atoms. The number of fused-ring (bicyclic) bond motifs is 3. The van der Waals surface area contributed by atoms with Crippen molar-refractivity contribution in [3.05, 3.63) is 38.7 Å². The lowest BCUT2D eigenvalue weighted by Crippen LogP contribution is -1.95. The highest BCUT2D eigenvalue weighted by molar-refractivity contribution is 7.19. The van der Waals surface area contributed by atoms with Crippen LogP contribution in [0.2, 0.25) is 0 Å². The van der Waals surface area contributed by atoms with Gasteiger partial charge < -0.3 is 0 Å². The van der Waals surface area contributed by atoms with Gasteiger partial charge in [-0.3, -0.25) is 5.43 Å². The van der Waals surface area contributed by atoms with E-state index >= 15 is 0 Å². The van der Waals surface area contributed by atoms with Gasteiger partial charge in [0.25, 0.3) is 0 Å². The van der Waals surface area contributed by atoms with E-state index in [0.717, 1.165) is 27.3 Å². The summed E-state index contributed by atoms with van der Waals surface area (Å²) < 4.78 is 0. The second kappa shape index (κ2) is 5.20. The fraction of sp³-hybridized carbons (Fsp3) is 0.267. The van der Waals surface area contributed by atoms with Crippen molar-refractivity contribution in [2.75, 3.05) is 5.43 Å². The molecular weight excluding hydrogens is 300 g/mol. The van der Waals surface area contributed by atoms with Crippen LogP contribution < -0.4 is 5.43 Å². The first-order valence-corrected chi connectivity index (χ1v) is 8.55. The normalized spacial score (nSPS) is 14.1. The Labute approximate surface area is 130 Å². The minimum atomic E-state index is 0.823. The van der Waals surface area contributed by atoms with Crippen LogP contribution in [0.1, 0.15) is 26.6 Å². The minimum Gasteiger partial charge on any atom is -0.261 e. The van der Waals surface area contributed by atoms with Crippen LogP contribution in [0.4, 0.5) is 5.82 Å². The fourth-order valence-corrected chi connectivity index (χ4v) is 4.67. The molecule has 0 aromatic carbocycles. The molecule has 1 aliphatic rings. The molecule has 0 fully saturated rings. The van der Waals surface area contributed by atoms with Gasteiger partial charge in [-0.1, -0.05) is 0 Å². The van der Waals surface area contributed by atoms with E-state index in [2.05, 4.69) is 39.6 Å². The van der Waals surface area contributed by atoms with Crippen LogP contribution in [0.3, 0.4) is 0 Å². The summed E-state index contributed by atoms with van der Waals surface area (Å²) in [4.78, 5) is 13.7.